The van der Waals surface area contributed by atoms with Crippen LogP contribution in [0.15, 0.2) is 29.4 Å². The molecule has 114 valence electrons. The number of nitrogens with zero attached hydrogens (tertiary/aromatic N) is 3. The van der Waals surface area contributed by atoms with Gasteiger partial charge in [-0.3, -0.25) is 5.73 Å². The number of hydrogen-bond acceptors (Lipinski definition) is 6. The van der Waals surface area contributed by atoms with Gasteiger partial charge in [0.05, 0.1) is 18.5 Å². The lowest BCUT2D eigenvalue weighted by Crippen LogP contribution is -2.50. The quantitative estimate of drug-likeness (QED) is 0.833. The number of hydrogen-bond donors (Lipinski definition) is 2. The van der Waals surface area contributed by atoms with Crippen LogP contribution in [0.4, 0.5) is 8.78 Å². The molecule has 1 atom stereocenters. The summed E-state index contributed by atoms with van der Waals surface area (Å²) in [4.78, 5) is 12.5. The number of halogens is 2. The molecule has 22 heavy (non-hydrogen) atoms. The van der Waals surface area contributed by atoms with Crippen LogP contribution in [0.25, 0.3) is 17.1 Å². The van der Waals surface area contributed by atoms with Crippen molar-refractivity contribution < 1.29 is 13.5 Å². The Hall–Kier alpha value is -2.61. The molecule has 6 nitrogen and oxygen atoms in total. The summed E-state index contributed by atoms with van der Waals surface area (Å²) in [6, 6.07) is 3.87. The van der Waals surface area contributed by atoms with Crippen molar-refractivity contribution in [2.75, 3.05) is 6.61 Å². The van der Waals surface area contributed by atoms with Crippen molar-refractivity contribution in [3.8, 4) is 11.3 Å². The molecule has 3 rings (SSSR count). The molecule has 1 aromatic heterocycles. The molecule has 3 N–H and O–H groups in total. The first-order chi connectivity index (χ1) is 10.6. The van der Waals surface area contributed by atoms with E-state index in [9.17, 15) is 8.78 Å². The summed E-state index contributed by atoms with van der Waals surface area (Å²) in [5.74, 6) is -1.62. The Balaban J connectivity index is 2.22. The van der Waals surface area contributed by atoms with Crippen molar-refractivity contribution >= 4 is 5.88 Å². The fourth-order valence-corrected chi connectivity index (χ4v) is 2.08. The molecule has 0 saturated heterocycles. The van der Waals surface area contributed by atoms with Crippen LogP contribution in [-0.2, 0) is 4.74 Å². The van der Waals surface area contributed by atoms with E-state index < -0.39 is 17.9 Å². The second-order valence-corrected chi connectivity index (χ2v) is 4.51. The van der Waals surface area contributed by atoms with Crippen LogP contribution in [0.1, 0.15) is 6.92 Å². The summed E-state index contributed by atoms with van der Waals surface area (Å²) in [7, 11) is 0. The normalized spacial score (nSPS) is 16.5. The molecule has 0 bridgehead atoms. The van der Waals surface area contributed by atoms with Gasteiger partial charge in [0.2, 0.25) is 5.88 Å². The van der Waals surface area contributed by atoms with Crippen LogP contribution < -0.4 is 21.9 Å². The number of fused-ring (bicyclic) bond motifs is 1. The molecule has 1 unspecified atom stereocenters. The summed E-state index contributed by atoms with van der Waals surface area (Å²) in [5.41, 5.74) is 6.19. The molecular formula is C14H13F2N5O. The van der Waals surface area contributed by atoms with E-state index in [1.807, 2.05) is 0 Å². The van der Waals surface area contributed by atoms with Gasteiger partial charge in [0.1, 0.15) is 0 Å². The summed E-state index contributed by atoms with van der Waals surface area (Å²) >= 11 is 0. The average Bonchev–Trinajstić information content (AvgIpc) is 2.50. The van der Waals surface area contributed by atoms with Crippen LogP contribution >= 0.6 is 0 Å². The number of aromatic nitrogens is 2. The number of ether oxygens (including phenoxy) is 1. The van der Waals surface area contributed by atoms with Gasteiger partial charge in [-0.15, -0.1) is 0 Å². The zero-order valence-corrected chi connectivity index (χ0v) is 11.7. The Morgan fingerprint density at radius 1 is 1.36 bits per heavy atom. The van der Waals surface area contributed by atoms with E-state index in [0.29, 0.717) is 17.8 Å². The minimum Gasteiger partial charge on any atom is -0.478 e. The van der Waals surface area contributed by atoms with Gasteiger partial charge in [-0.05, 0) is 19.1 Å². The van der Waals surface area contributed by atoms with Crippen LogP contribution in [0, 0.1) is 11.6 Å². The fourth-order valence-electron chi connectivity index (χ4n) is 2.08. The van der Waals surface area contributed by atoms with E-state index >= 15 is 0 Å². The molecule has 2 aromatic rings. The first-order valence-corrected chi connectivity index (χ1v) is 6.64. The Bertz CT molecular complexity index is 840. The van der Waals surface area contributed by atoms with Gasteiger partial charge in [-0.1, -0.05) is 6.07 Å². The number of benzene rings is 1. The SMILES string of the molecule is CCOC1=c2nc(-c3cccc(F)c3F)cnc2=NC(N)N1. The molecule has 2 heterocycles. The molecule has 0 amide bonds. The van der Waals surface area contributed by atoms with Crippen LogP contribution in [0.3, 0.4) is 0 Å². The number of nitrogens with two attached hydrogens (primary N) is 1. The number of rotatable bonds is 3. The highest BCUT2D eigenvalue weighted by Gasteiger charge is 2.16. The first kappa shape index (κ1) is 14.3. The highest BCUT2D eigenvalue weighted by molar-refractivity contribution is 5.59. The van der Waals surface area contributed by atoms with Crippen LogP contribution in [-0.4, -0.2) is 22.9 Å². The van der Waals surface area contributed by atoms with E-state index in [1.165, 1.54) is 18.3 Å². The molecule has 1 aliphatic rings. The minimum absolute atomic E-state index is 0.0148. The monoisotopic (exact) mass is 305 g/mol. The lowest BCUT2D eigenvalue weighted by atomic mass is 10.1. The predicted molar refractivity (Wildman–Crippen MR) is 74.3 cm³/mol. The fraction of sp³-hybridized carbons (Fsp3) is 0.214. The molecule has 8 heteroatoms. The molecule has 0 fully saturated rings. The van der Waals surface area contributed by atoms with Gasteiger partial charge in [0.25, 0.3) is 0 Å². The van der Waals surface area contributed by atoms with Gasteiger partial charge < -0.3 is 10.1 Å². The van der Waals surface area contributed by atoms with Gasteiger partial charge in [-0.2, -0.15) is 0 Å². The average molecular weight is 305 g/mol. The smallest absolute Gasteiger partial charge is 0.220 e. The van der Waals surface area contributed by atoms with Crippen LogP contribution in [0.5, 0.6) is 0 Å². The van der Waals surface area contributed by atoms with Gasteiger partial charge in [0.15, 0.2) is 28.8 Å². The molecule has 0 aliphatic carbocycles. The first-order valence-electron chi connectivity index (χ1n) is 6.64. The topological polar surface area (TPSA) is 85.4 Å². The van der Waals surface area contributed by atoms with Crippen molar-refractivity contribution in [3.05, 3.63) is 46.9 Å². The third kappa shape index (κ3) is 2.48. The zero-order chi connectivity index (χ0) is 15.7. The predicted octanol–water partition coefficient (Wildman–Crippen LogP) is -0.0109. The van der Waals surface area contributed by atoms with Crippen molar-refractivity contribution in [3.63, 3.8) is 0 Å². The second-order valence-electron chi connectivity index (χ2n) is 4.51. The Morgan fingerprint density at radius 3 is 2.95 bits per heavy atom. The lowest BCUT2D eigenvalue weighted by Gasteiger charge is -2.17. The number of nitrogens with one attached hydrogen (secondary N) is 1. The highest BCUT2D eigenvalue weighted by Crippen LogP contribution is 2.20. The standard InChI is InChI=1S/C14H13F2N5O/c1-2-22-13-11-12(20-14(17)21-13)18-6-9(19-11)7-4-3-5-8(15)10(7)16/h3-6,14,21H,2,17H2,1H3. The minimum atomic E-state index is -0.980. The maximum absolute atomic E-state index is 13.9. The van der Waals surface area contributed by atoms with E-state index in [1.54, 1.807) is 6.92 Å². The van der Waals surface area contributed by atoms with E-state index in [4.69, 9.17) is 10.5 Å². The van der Waals surface area contributed by atoms with E-state index in [2.05, 4.69) is 20.3 Å². The Kier molecular flexibility index (Phi) is 3.68. The molecule has 0 spiro atoms. The summed E-state index contributed by atoms with van der Waals surface area (Å²) in [6.07, 6.45) is 0.627. The van der Waals surface area contributed by atoms with Crippen LogP contribution in [0.2, 0.25) is 0 Å². The summed E-state index contributed by atoms with van der Waals surface area (Å²) in [6.45, 7) is 2.18. The Labute approximate surface area is 124 Å². The molecule has 0 radical (unpaired) electrons. The van der Waals surface area contributed by atoms with Crippen molar-refractivity contribution in [1.82, 2.24) is 15.3 Å². The molecule has 1 aromatic carbocycles. The van der Waals surface area contributed by atoms with Crippen molar-refractivity contribution in [2.24, 2.45) is 10.7 Å². The lowest BCUT2D eigenvalue weighted by molar-refractivity contribution is 0.260. The summed E-state index contributed by atoms with van der Waals surface area (Å²) in [5, 5.41) is 3.12. The molecule has 1 aliphatic heterocycles. The van der Waals surface area contributed by atoms with Gasteiger partial charge in [0, 0.05) is 5.56 Å². The van der Waals surface area contributed by atoms with Gasteiger partial charge >= 0.3 is 0 Å². The van der Waals surface area contributed by atoms with E-state index in [0.717, 1.165) is 6.07 Å². The summed E-state index contributed by atoms with van der Waals surface area (Å²) < 4.78 is 32.7. The van der Waals surface area contributed by atoms with Gasteiger partial charge in [-0.25, -0.2) is 23.7 Å². The van der Waals surface area contributed by atoms with Crippen molar-refractivity contribution in [1.29, 1.82) is 0 Å². The Morgan fingerprint density at radius 2 is 2.18 bits per heavy atom. The van der Waals surface area contributed by atoms with E-state index in [-0.39, 0.29) is 16.7 Å². The van der Waals surface area contributed by atoms with Crippen molar-refractivity contribution in [2.45, 2.75) is 13.2 Å². The largest absolute Gasteiger partial charge is 0.478 e. The zero-order valence-electron chi connectivity index (χ0n) is 11.7. The molecular weight excluding hydrogens is 292 g/mol. The highest BCUT2D eigenvalue weighted by atomic mass is 19.2. The maximum atomic E-state index is 13.9. The maximum Gasteiger partial charge on any atom is 0.220 e. The second kappa shape index (κ2) is 5.64. The third-order valence-electron chi connectivity index (χ3n) is 3.02. The molecule has 0 saturated carbocycles. The third-order valence-corrected chi connectivity index (χ3v) is 3.02.